The van der Waals surface area contributed by atoms with Gasteiger partial charge in [-0.05, 0) is 43.1 Å². The van der Waals surface area contributed by atoms with Crippen LogP contribution in [0.5, 0.6) is 0 Å². The standard InChI is InChI=1S/C47H79N7O9/c1-12-32(6)41(51(9)46(58)39(30(2)3)50-45(57)40(31(4)5)52-25-27-62-28-26-52)37(60-10)29-38(55)54-22-16-19-36(54)42(61-11)33(7)44(56)49-34(8)43(35-17-14-13-15-18-35)63-47(59)53-23-20-48-21-24-53/h13-15,17-18,30-34,36-37,39-43,48H,12,16,19-29H2,1-11H3,(H,49,56)(H,50,57)/t32-,33+,34+,36-,37?,39-,40-,41-,42+,43+/m0/s1. The summed E-state index contributed by atoms with van der Waals surface area (Å²) >= 11 is 0. The van der Waals surface area contributed by atoms with Gasteiger partial charge in [0.05, 0.1) is 61.9 Å². The molecule has 3 N–H and O–H groups in total. The highest BCUT2D eigenvalue weighted by Crippen LogP contribution is 2.31. The van der Waals surface area contributed by atoms with Gasteiger partial charge in [-0.2, -0.15) is 0 Å². The number of ether oxygens (including phenoxy) is 4. The number of rotatable bonds is 21. The van der Waals surface area contributed by atoms with Gasteiger partial charge < -0.3 is 49.6 Å². The summed E-state index contributed by atoms with van der Waals surface area (Å²) in [5.74, 6) is -1.71. The minimum atomic E-state index is -0.785. The molecule has 63 heavy (non-hydrogen) atoms. The van der Waals surface area contributed by atoms with Crippen molar-refractivity contribution in [2.75, 3.05) is 80.3 Å². The summed E-state index contributed by atoms with van der Waals surface area (Å²) in [5, 5.41) is 9.47. The fourth-order valence-corrected chi connectivity index (χ4v) is 9.59. The average molecular weight is 886 g/mol. The number of methoxy groups -OCH3 is 2. The fraction of sp³-hybridized carbons (Fsp3) is 0.766. The van der Waals surface area contributed by atoms with Gasteiger partial charge in [0.25, 0.3) is 0 Å². The molecular weight excluding hydrogens is 807 g/mol. The number of hydrogen-bond acceptors (Lipinski definition) is 11. The number of likely N-dealkylation sites (N-methyl/N-ethyl adjacent to an activating group) is 1. The van der Waals surface area contributed by atoms with Crippen LogP contribution < -0.4 is 16.0 Å². The number of morpholine rings is 1. The molecule has 0 radical (unpaired) electrons. The fourth-order valence-electron chi connectivity index (χ4n) is 9.59. The summed E-state index contributed by atoms with van der Waals surface area (Å²) in [6.07, 6.45) is -0.314. The van der Waals surface area contributed by atoms with Crippen LogP contribution in [0.3, 0.4) is 0 Å². The van der Waals surface area contributed by atoms with Gasteiger partial charge >= 0.3 is 6.09 Å². The maximum atomic E-state index is 14.5. The Bertz CT molecular complexity index is 1610. The Kier molecular flexibility index (Phi) is 20.6. The third-order valence-electron chi connectivity index (χ3n) is 13.4. The van der Waals surface area contributed by atoms with Crippen LogP contribution in [0.15, 0.2) is 30.3 Å². The Morgan fingerprint density at radius 3 is 2.08 bits per heavy atom. The number of piperazine rings is 1. The zero-order chi connectivity index (χ0) is 46.4. The van der Waals surface area contributed by atoms with Gasteiger partial charge in [-0.15, -0.1) is 0 Å². The van der Waals surface area contributed by atoms with Crippen molar-refractivity contribution in [3.05, 3.63) is 35.9 Å². The van der Waals surface area contributed by atoms with Crippen LogP contribution in [-0.4, -0.2) is 172 Å². The number of hydrogen-bond donors (Lipinski definition) is 3. The van der Waals surface area contributed by atoms with Crippen LogP contribution in [0.25, 0.3) is 0 Å². The molecule has 1 aromatic rings. The van der Waals surface area contributed by atoms with E-state index in [4.69, 9.17) is 18.9 Å². The Morgan fingerprint density at radius 1 is 0.857 bits per heavy atom. The predicted octanol–water partition coefficient (Wildman–Crippen LogP) is 3.69. The van der Waals surface area contributed by atoms with Gasteiger partial charge in [0.15, 0.2) is 0 Å². The van der Waals surface area contributed by atoms with E-state index in [0.717, 1.165) is 18.4 Å². The molecule has 0 bridgehead atoms. The zero-order valence-corrected chi connectivity index (χ0v) is 40.0. The van der Waals surface area contributed by atoms with E-state index in [1.54, 1.807) is 42.9 Å². The molecule has 16 nitrogen and oxygen atoms in total. The highest BCUT2D eigenvalue weighted by Gasteiger charge is 2.44. The van der Waals surface area contributed by atoms with Crippen LogP contribution in [0.4, 0.5) is 4.79 Å². The molecule has 356 valence electrons. The first-order valence-electron chi connectivity index (χ1n) is 23.3. The second kappa shape index (κ2) is 25.0. The molecule has 10 atom stereocenters. The molecule has 0 aliphatic carbocycles. The van der Waals surface area contributed by atoms with Crippen LogP contribution in [0.2, 0.25) is 0 Å². The predicted molar refractivity (Wildman–Crippen MR) is 242 cm³/mol. The zero-order valence-electron chi connectivity index (χ0n) is 40.0. The molecular formula is C47H79N7O9. The number of likely N-dealkylation sites (tertiary alicyclic amines) is 1. The number of nitrogens with one attached hydrogen (secondary N) is 3. The third kappa shape index (κ3) is 13.6. The SMILES string of the molecule is CC[C@H](C)[C@@H](C(CC(=O)N1CCC[C@H]1[C@H](OC)[C@@H](C)C(=O)N[C@H](C)[C@@H](OC(=O)N1CCNCC1)c1ccccc1)OC)N(C)C(=O)[C@@H](NC(=O)[C@H](C(C)C)N1CCOCC1)C(C)C. The maximum absolute atomic E-state index is 14.5. The van der Waals surface area contributed by atoms with Crippen molar-refractivity contribution in [1.29, 1.82) is 0 Å². The van der Waals surface area contributed by atoms with Crippen LogP contribution >= 0.6 is 0 Å². The second-order valence-corrected chi connectivity index (χ2v) is 18.4. The van der Waals surface area contributed by atoms with Gasteiger partial charge in [0.1, 0.15) is 12.1 Å². The van der Waals surface area contributed by atoms with E-state index >= 15 is 0 Å². The Labute approximate surface area is 376 Å². The van der Waals surface area contributed by atoms with Gasteiger partial charge in [-0.3, -0.25) is 24.1 Å². The van der Waals surface area contributed by atoms with Crippen molar-refractivity contribution in [3.63, 3.8) is 0 Å². The number of carbonyl (C=O) groups is 5. The van der Waals surface area contributed by atoms with E-state index < -0.39 is 54.5 Å². The van der Waals surface area contributed by atoms with E-state index in [2.05, 4.69) is 27.8 Å². The van der Waals surface area contributed by atoms with Gasteiger partial charge in [0.2, 0.25) is 23.6 Å². The summed E-state index contributed by atoms with van der Waals surface area (Å²) in [5.41, 5.74) is 0.765. The smallest absolute Gasteiger partial charge is 0.410 e. The van der Waals surface area contributed by atoms with E-state index in [0.29, 0.717) is 65.4 Å². The number of benzene rings is 1. The molecule has 1 unspecified atom stereocenters. The largest absolute Gasteiger partial charge is 0.439 e. The normalized spacial score (nSPS) is 21.7. The lowest BCUT2D eigenvalue weighted by Gasteiger charge is -2.41. The molecule has 0 spiro atoms. The van der Waals surface area contributed by atoms with E-state index in [1.807, 2.05) is 71.9 Å². The molecule has 1 aromatic carbocycles. The van der Waals surface area contributed by atoms with Crippen molar-refractivity contribution < 1.29 is 42.9 Å². The van der Waals surface area contributed by atoms with E-state index in [9.17, 15) is 24.0 Å². The summed E-state index contributed by atoms with van der Waals surface area (Å²) in [6.45, 7) is 21.0. The summed E-state index contributed by atoms with van der Waals surface area (Å²) in [4.78, 5) is 77.4. The highest BCUT2D eigenvalue weighted by atomic mass is 16.6. The molecule has 4 rings (SSSR count). The molecule has 16 heteroatoms. The monoisotopic (exact) mass is 886 g/mol. The molecule has 3 fully saturated rings. The highest BCUT2D eigenvalue weighted by molar-refractivity contribution is 5.90. The van der Waals surface area contributed by atoms with E-state index in [-0.39, 0.29) is 53.8 Å². The van der Waals surface area contributed by atoms with Crippen molar-refractivity contribution in [3.8, 4) is 0 Å². The summed E-state index contributed by atoms with van der Waals surface area (Å²) in [6, 6.07) is 6.78. The number of carbonyl (C=O) groups excluding carboxylic acids is 5. The topological polar surface area (TPSA) is 171 Å². The van der Waals surface area contributed by atoms with Crippen molar-refractivity contribution in [2.24, 2.45) is 23.7 Å². The van der Waals surface area contributed by atoms with Crippen molar-refractivity contribution in [2.45, 2.75) is 130 Å². The van der Waals surface area contributed by atoms with Crippen LogP contribution in [-0.2, 0) is 38.1 Å². The first-order chi connectivity index (χ1) is 30.1. The summed E-state index contributed by atoms with van der Waals surface area (Å²) < 4.78 is 23.7. The minimum absolute atomic E-state index is 0.00995. The Morgan fingerprint density at radius 2 is 1.51 bits per heavy atom. The van der Waals surface area contributed by atoms with Crippen LogP contribution in [0, 0.1) is 23.7 Å². The second-order valence-electron chi connectivity index (χ2n) is 18.4. The molecule has 3 aliphatic rings. The molecule has 5 amide bonds. The molecule has 3 aliphatic heterocycles. The Hall–Kier alpha value is -3.83. The Balaban J connectivity index is 1.47. The number of amides is 5. The summed E-state index contributed by atoms with van der Waals surface area (Å²) in [7, 11) is 4.88. The van der Waals surface area contributed by atoms with Gasteiger partial charge in [-0.1, -0.05) is 85.2 Å². The van der Waals surface area contributed by atoms with Crippen molar-refractivity contribution >= 4 is 29.7 Å². The van der Waals surface area contributed by atoms with E-state index in [1.165, 1.54) is 0 Å². The lowest BCUT2D eigenvalue weighted by molar-refractivity contribution is -0.148. The average Bonchev–Trinajstić information content (AvgIpc) is 3.77. The van der Waals surface area contributed by atoms with Crippen LogP contribution in [0.1, 0.15) is 92.7 Å². The molecule has 3 heterocycles. The maximum Gasteiger partial charge on any atom is 0.410 e. The quantitative estimate of drug-likeness (QED) is 0.165. The van der Waals surface area contributed by atoms with Gasteiger partial charge in [0, 0.05) is 67.1 Å². The molecule has 0 aromatic heterocycles. The third-order valence-corrected chi connectivity index (χ3v) is 13.4. The van der Waals surface area contributed by atoms with Crippen molar-refractivity contribution in [1.82, 2.24) is 35.6 Å². The first kappa shape index (κ1) is 51.8. The van der Waals surface area contributed by atoms with Gasteiger partial charge in [-0.25, -0.2) is 4.79 Å². The molecule has 3 saturated heterocycles. The lowest BCUT2D eigenvalue weighted by Crippen LogP contribution is -2.61. The first-order valence-corrected chi connectivity index (χ1v) is 23.3. The lowest BCUT2D eigenvalue weighted by atomic mass is 9.89. The molecule has 0 saturated carbocycles. The minimum Gasteiger partial charge on any atom is -0.439 e. The number of nitrogens with zero attached hydrogens (tertiary/aromatic N) is 4.